The number of esters is 2. The fraction of sp³-hybridized carbons (Fsp3) is 0.435. The van der Waals surface area contributed by atoms with Gasteiger partial charge in [-0.1, -0.05) is 36.6 Å². The summed E-state index contributed by atoms with van der Waals surface area (Å²) in [5.41, 5.74) is 1.77. The minimum atomic E-state index is -0.748. The van der Waals surface area contributed by atoms with Crippen molar-refractivity contribution in [3.05, 3.63) is 57.4 Å². The summed E-state index contributed by atoms with van der Waals surface area (Å²) in [6, 6.07) is 7.22. The Bertz CT molecular complexity index is 955. The summed E-state index contributed by atoms with van der Waals surface area (Å²) in [6.07, 6.45) is 3.19. The third kappa shape index (κ3) is 4.15. The largest absolute Gasteiger partial charge is 0.462 e. The van der Waals surface area contributed by atoms with E-state index in [9.17, 15) is 14.4 Å². The Hall–Kier alpha value is -2.60. The zero-order valence-corrected chi connectivity index (χ0v) is 18.2. The van der Waals surface area contributed by atoms with E-state index in [-0.39, 0.29) is 18.1 Å². The Morgan fingerprint density at radius 2 is 1.70 bits per heavy atom. The number of ether oxygens (including phenoxy) is 2. The van der Waals surface area contributed by atoms with Gasteiger partial charge in [-0.2, -0.15) is 0 Å². The Morgan fingerprint density at radius 3 is 2.30 bits per heavy atom. The van der Waals surface area contributed by atoms with E-state index >= 15 is 0 Å². The first-order valence-corrected chi connectivity index (χ1v) is 10.5. The lowest BCUT2D eigenvalue weighted by Gasteiger charge is -2.27. The van der Waals surface area contributed by atoms with Crippen molar-refractivity contribution in [2.45, 2.75) is 51.9 Å². The summed E-state index contributed by atoms with van der Waals surface area (Å²) < 4.78 is 10.5. The molecule has 0 radical (unpaired) electrons. The number of carbonyl (C=O) groups excluding carboxylic acids is 3. The fourth-order valence-electron chi connectivity index (χ4n) is 4.24. The number of H-pyrrole nitrogens is 1. The van der Waals surface area contributed by atoms with E-state index in [0.29, 0.717) is 34.7 Å². The number of carbonyl (C=O) groups is 3. The van der Waals surface area contributed by atoms with Crippen LogP contribution in [0.5, 0.6) is 0 Å². The van der Waals surface area contributed by atoms with Crippen LogP contribution in [0.25, 0.3) is 0 Å². The zero-order valence-electron chi connectivity index (χ0n) is 17.5. The number of halogens is 1. The second-order valence-electron chi connectivity index (χ2n) is 7.64. The van der Waals surface area contributed by atoms with Gasteiger partial charge >= 0.3 is 11.9 Å². The Balaban J connectivity index is 1.75. The van der Waals surface area contributed by atoms with Gasteiger partial charge in [0.25, 0.3) is 0 Å². The van der Waals surface area contributed by atoms with Crippen LogP contribution in [0.2, 0.25) is 5.02 Å². The van der Waals surface area contributed by atoms with Crippen molar-refractivity contribution >= 4 is 29.3 Å². The van der Waals surface area contributed by atoms with Crippen LogP contribution in [0.3, 0.4) is 0 Å². The number of ketones is 1. The predicted molar refractivity (Wildman–Crippen MR) is 113 cm³/mol. The molecule has 6 nitrogen and oxygen atoms in total. The average molecular weight is 432 g/mol. The number of rotatable bonds is 7. The molecule has 1 aromatic heterocycles. The quantitative estimate of drug-likeness (QED) is 0.507. The van der Waals surface area contributed by atoms with Crippen molar-refractivity contribution in [1.29, 1.82) is 0 Å². The first-order chi connectivity index (χ1) is 14.3. The van der Waals surface area contributed by atoms with Gasteiger partial charge in [-0.3, -0.25) is 9.59 Å². The number of Topliss-reactive ketones (excluding diaryl/α,β-unsaturated/α-hetero) is 1. The molecule has 0 bridgehead atoms. The molecular formula is C23H26ClNO5. The molecule has 0 amide bonds. The number of hydrogen-bond donors (Lipinski definition) is 1. The molecule has 160 valence electrons. The monoisotopic (exact) mass is 431 g/mol. The fourth-order valence-corrected chi connectivity index (χ4v) is 4.36. The van der Waals surface area contributed by atoms with Crippen molar-refractivity contribution in [3.63, 3.8) is 0 Å². The van der Waals surface area contributed by atoms with E-state index in [4.69, 9.17) is 21.1 Å². The van der Waals surface area contributed by atoms with Crippen LogP contribution in [0.4, 0.5) is 0 Å². The van der Waals surface area contributed by atoms with Crippen LogP contribution in [0, 0.1) is 13.8 Å². The first kappa shape index (κ1) is 22.1. The Kier molecular flexibility index (Phi) is 6.66. The van der Waals surface area contributed by atoms with Gasteiger partial charge in [0.1, 0.15) is 0 Å². The summed E-state index contributed by atoms with van der Waals surface area (Å²) in [4.78, 5) is 40.9. The highest BCUT2D eigenvalue weighted by atomic mass is 35.5. The first-order valence-electron chi connectivity index (χ1n) is 10.1. The highest BCUT2D eigenvalue weighted by molar-refractivity contribution is 6.30. The number of aryl methyl sites for hydroxylation is 1. The molecule has 0 atom stereocenters. The van der Waals surface area contributed by atoms with Gasteiger partial charge in [-0.15, -0.1) is 0 Å². The molecule has 1 aliphatic rings. The van der Waals surface area contributed by atoms with E-state index in [2.05, 4.69) is 4.98 Å². The molecule has 1 aromatic carbocycles. The summed E-state index contributed by atoms with van der Waals surface area (Å²) in [6.45, 7) is 4.96. The van der Waals surface area contributed by atoms with Gasteiger partial charge in [0.15, 0.2) is 6.61 Å². The highest BCUT2D eigenvalue weighted by Gasteiger charge is 2.44. The SMILES string of the molecule is CCOC(=O)c1c(C)[nH]c(C(=O)COC(=O)C2(c3ccc(Cl)cc3)CCCC2)c1C. The summed E-state index contributed by atoms with van der Waals surface area (Å²) >= 11 is 5.99. The molecule has 0 aliphatic heterocycles. The maximum atomic E-state index is 13.0. The molecule has 0 unspecified atom stereocenters. The highest BCUT2D eigenvalue weighted by Crippen LogP contribution is 2.42. The molecule has 3 rings (SSSR count). The number of nitrogens with one attached hydrogen (secondary N) is 1. The second kappa shape index (κ2) is 9.04. The maximum Gasteiger partial charge on any atom is 0.340 e. The minimum Gasteiger partial charge on any atom is -0.462 e. The van der Waals surface area contributed by atoms with Crippen LogP contribution < -0.4 is 0 Å². The van der Waals surface area contributed by atoms with E-state index < -0.39 is 24.0 Å². The normalized spacial score (nSPS) is 15.1. The standard InChI is InChI=1S/C23H26ClNO5/c1-4-29-21(27)19-14(2)20(25-15(19)3)18(26)13-30-22(28)23(11-5-6-12-23)16-7-9-17(24)10-8-16/h7-10,25H,4-6,11-13H2,1-3H3. The zero-order chi connectivity index (χ0) is 21.9. The summed E-state index contributed by atoms with van der Waals surface area (Å²) in [7, 11) is 0. The molecule has 1 heterocycles. The number of aromatic amines is 1. The number of hydrogen-bond acceptors (Lipinski definition) is 5. The molecule has 0 spiro atoms. The van der Waals surface area contributed by atoms with Crippen molar-refractivity contribution in [1.82, 2.24) is 4.98 Å². The van der Waals surface area contributed by atoms with Crippen molar-refractivity contribution in [3.8, 4) is 0 Å². The van der Waals surface area contributed by atoms with Gasteiger partial charge in [0.05, 0.1) is 23.3 Å². The third-order valence-electron chi connectivity index (χ3n) is 5.77. The molecule has 0 saturated heterocycles. The van der Waals surface area contributed by atoms with E-state index in [0.717, 1.165) is 18.4 Å². The van der Waals surface area contributed by atoms with E-state index in [1.165, 1.54) is 0 Å². The van der Waals surface area contributed by atoms with Gasteiger partial charge < -0.3 is 14.5 Å². The van der Waals surface area contributed by atoms with E-state index in [1.807, 2.05) is 12.1 Å². The van der Waals surface area contributed by atoms with Crippen molar-refractivity contribution < 1.29 is 23.9 Å². The van der Waals surface area contributed by atoms with Crippen molar-refractivity contribution in [2.24, 2.45) is 0 Å². The van der Waals surface area contributed by atoms with Crippen LogP contribution >= 0.6 is 11.6 Å². The van der Waals surface area contributed by atoms with Gasteiger partial charge in [-0.25, -0.2) is 4.79 Å². The smallest absolute Gasteiger partial charge is 0.340 e. The molecular weight excluding hydrogens is 406 g/mol. The lowest BCUT2D eigenvalue weighted by molar-refractivity contribution is -0.149. The van der Waals surface area contributed by atoms with Crippen LogP contribution in [-0.2, 0) is 19.7 Å². The second-order valence-corrected chi connectivity index (χ2v) is 8.08. The van der Waals surface area contributed by atoms with Crippen LogP contribution in [0.15, 0.2) is 24.3 Å². The lowest BCUT2D eigenvalue weighted by atomic mass is 9.79. The van der Waals surface area contributed by atoms with Crippen molar-refractivity contribution in [2.75, 3.05) is 13.2 Å². The van der Waals surface area contributed by atoms with Crippen LogP contribution in [0.1, 0.15) is 70.3 Å². The van der Waals surface area contributed by atoms with Gasteiger partial charge in [0.2, 0.25) is 5.78 Å². The van der Waals surface area contributed by atoms with Gasteiger partial charge in [0, 0.05) is 10.7 Å². The molecule has 30 heavy (non-hydrogen) atoms. The summed E-state index contributed by atoms with van der Waals surface area (Å²) in [5, 5.41) is 0.602. The third-order valence-corrected chi connectivity index (χ3v) is 6.03. The predicted octanol–water partition coefficient (Wildman–Crippen LogP) is 4.70. The van der Waals surface area contributed by atoms with Gasteiger partial charge in [-0.05, 0) is 56.9 Å². The summed E-state index contributed by atoms with van der Waals surface area (Å²) in [5.74, 6) is -1.27. The molecule has 1 saturated carbocycles. The maximum absolute atomic E-state index is 13.0. The molecule has 1 N–H and O–H groups in total. The molecule has 1 fully saturated rings. The topological polar surface area (TPSA) is 85.5 Å². The minimum absolute atomic E-state index is 0.247. The number of aromatic nitrogens is 1. The Labute approximate surface area is 180 Å². The average Bonchev–Trinajstić information content (AvgIpc) is 3.32. The molecule has 2 aromatic rings. The molecule has 1 aliphatic carbocycles. The molecule has 7 heteroatoms. The van der Waals surface area contributed by atoms with E-state index in [1.54, 1.807) is 32.9 Å². The van der Waals surface area contributed by atoms with Crippen LogP contribution in [-0.4, -0.2) is 35.9 Å². The number of benzene rings is 1. The Morgan fingerprint density at radius 1 is 1.07 bits per heavy atom. The lowest BCUT2D eigenvalue weighted by Crippen LogP contribution is -2.36.